The van der Waals surface area contributed by atoms with E-state index in [4.69, 9.17) is 21.1 Å². The Hall–Kier alpha value is -1.21. The van der Waals surface area contributed by atoms with Crippen LogP contribution in [-0.4, -0.2) is 49.4 Å². The molecule has 2 aliphatic heterocycles. The van der Waals surface area contributed by atoms with Gasteiger partial charge in [-0.05, 0) is 37.6 Å². The quantitative estimate of drug-likeness (QED) is 0.914. The fourth-order valence-electron chi connectivity index (χ4n) is 3.09. The number of benzene rings is 1. The first-order valence-electron chi connectivity index (χ1n) is 7.85. The number of hydrogen-bond donors (Lipinski definition) is 1. The normalized spacial score (nSPS) is 23.1. The van der Waals surface area contributed by atoms with Crippen LogP contribution in [0.4, 0.5) is 10.1 Å². The molecule has 0 unspecified atom stereocenters. The lowest BCUT2D eigenvalue weighted by Crippen LogP contribution is -2.50. The first-order chi connectivity index (χ1) is 11.1. The van der Waals surface area contributed by atoms with Crippen LogP contribution in [0.25, 0.3) is 0 Å². The zero-order valence-electron chi connectivity index (χ0n) is 12.8. The number of likely N-dealkylation sites (tertiary alicyclic amines) is 1. The van der Waals surface area contributed by atoms with Crippen molar-refractivity contribution < 1.29 is 18.7 Å². The van der Waals surface area contributed by atoms with Crippen molar-refractivity contribution in [3.8, 4) is 0 Å². The van der Waals surface area contributed by atoms with Gasteiger partial charge in [0.2, 0.25) is 5.91 Å². The number of piperidine rings is 1. The Bertz CT molecular complexity index is 566. The molecule has 2 saturated heterocycles. The van der Waals surface area contributed by atoms with Crippen molar-refractivity contribution in [1.29, 1.82) is 0 Å². The molecule has 0 aliphatic carbocycles. The van der Waals surface area contributed by atoms with E-state index in [2.05, 4.69) is 10.2 Å². The monoisotopic (exact) mass is 342 g/mol. The van der Waals surface area contributed by atoms with E-state index in [1.807, 2.05) is 0 Å². The summed E-state index contributed by atoms with van der Waals surface area (Å²) in [5.41, 5.74) is 0.101. The van der Waals surface area contributed by atoms with Gasteiger partial charge in [0.15, 0.2) is 6.29 Å². The highest BCUT2D eigenvalue weighted by Crippen LogP contribution is 2.25. The zero-order chi connectivity index (χ0) is 16.2. The van der Waals surface area contributed by atoms with Gasteiger partial charge in [-0.15, -0.1) is 0 Å². The summed E-state index contributed by atoms with van der Waals surface area (Å²) in [6.07, 6.45) is 2.78. The lowest BCUT2D eigenvalue weighted by Gasteiger charge is -2.37. The maximum atomic E-state index is 13.7. The molecule has 0 radical (unpaired) electrons. The minimum absolute atomic E-state index is 0.0706. The van der Waals surface area contributed by atoms with E-state index < -0.39 is 5.82 Å². The number of halogens is 2. The Kier molecular flexibility index (Phi) is 5.48. The molecule has 5 nitrogen and oxygen atoms in total. The number of nitrogens with one attached hydrogen (secondary N) is 1. The van der Waals surface area contributed by atoms with Crippen LogP contribution in [0.2, 0.25) is 5.02 Å². The molecule has 1 atom stereocenters. The molecule has 0 saturated carbocycles. The Balaban J connectivity index is 1.62. The standard InChI is InChI=1S/C16H20ClFN2O3/c17-11-4-5-12(18)13(9-11)19-15(21)10-20-6-2-1-3-14(20)16-22-7-8-23-16/h4-5,9,14,16H,1-3,6-8,10H2,(H,19,21)/t14-/m1/s1. The van der Waals surface area contributed by atoms with Crippen molar-refractivity contribution in [1.82, 2.24) is 4.90 Å². The van der Waals surface area contributed by atoms with Crippen molar-refractivity contribution in [2.45, 2.75) is 31.6 Å². The molecule has 1 aromatic rings. The fourth-order valence-corrected chi connectivity index (χ4v) is 3.26. The predicted octanol–water partition coefficient (Wildman–Crippen LogP) is 2.65. The number of ether oxygens (including phenoxy) is 2. The second kappa shape index (κ2) is 7.57. The molecule has 1 amide bonds. The second-order valence-corrected chi connectivity index (χ2v) is 6.25. The van der Waals surface area contributed by atoms with Crippen LogP contribution in [0.15, 0.2) is 18.2 Å². The van der Waals surface area contributed by atoms with Gasteiger partial charge < -0.3 is 14.8 Å². The number of hydrogen-bond acceptors (Lipinski definition) is 4. The molecule has 23 heavy (non-hydrogen) atoms. The smallest absolute Gasteiger partial charge is 0.238 e. The second-order valence-electron chi connectivity index (χ2n) is 5.82. The summed E-state index contributed by atoms with van der Waals surface area (Å²) in [7, 11) is 0. The summed E-state index contributed by atoms with van der Waals surface area (Å²) in [5.74, 6) is -0.767. The average molecular weight is 343 g/mol. The summed E-state index contributed by atoms with van der Waals surface area (Å²) in [4.78, 5) is 14.3. The van der Waals surface area contributed by atoms with Gasteiger partial charge in [-0.1, -0.05) is 18.0 Å². The number of nitrogens with zero attached hydrogens (tertiary/aromatic N) is 1. The van der Waals surface area contributed by atoms with Gasteiger partial charge in [-0.3, -0.25) is 9.69 Å². The Labute approximate surface area is 139 Å². The Morgan fingerprint density at radius 1 is 1.35 bits per heavy atom. The highest BCUT2D eigenvalue weighted by molar-refractivity contribution is 6.30. The number of carbonyl (C=O) groups excluding carboxylic acids is 1. The SMILES string of the molecule is O=C(CN1CCCC[C@@H]1C1OCCO1)Nc1cc(Cl)ccc1F. The van der Waals surface area contributed by atoms with E-state index in [-0.39, 0.29) is 30.5 Å². The molecule has 3 rings (SSSR count). The van der Waals surface area contributed by atoms with Crippen LogP contribution in [0, 0.1) is 5.82 Å². The lowest BCUT2D eigenvalue weighted by molar-refractivity contribution is -0.127. The van der Waals surface area contributed by atoms with Crippen molar-refractivity contribution in [2.75, 3.05) is 31.6 Å². The highest BCUT2D eigenvalue weighted by Gasteiger charge is 2.34. The average Bonchev–Trinajstić information content (AvgIpc) is 3.05. The van der Waals surface area contributed by atoms with Gasteiger partial charge in [0.05, 0.1) is 31.5 Å². The first kappa shape index (κ1) is 16.6. The maximum absolute atomic E-state index is 13.7. The summed E-state index contributed by atoms with van der Waals surface area (Å²) in [5, 5.41) is 2.97. The molecule has 2 fully saturated rings. The summed E-state index contributed by atoms with van der Waals surface area (Å²) in [6.45, 7) is 2.17. The number of amides is 1. The van der Waals surface area contributed by atoms with Crippen LogP contribution in [0.3, 0.4) is 0 Å². The molecule has 0 bridgehead atoms. The molecule has 126 valence electrons. The van der Waals surface area contributed by atoms with E-state index >= 15 is 0 Å². The third kappa shape index (κ3) is 4.20. The molecule has 1 N–H and O–H groups in total. The van der Waals surface area contributed by atoms with Gasteiger partial charge in [-0.25, -0.2) is 4.39 Å². The van der Waals surface area contributed by atoms with Gasteiger partial charge >= 0.3 is 0 Å². The van der Waals surface area contributed by atoms with E-state index in [0.717, 1.165) is 25.8 Å². The third-order valence-electron chi connectivity index (χ3n) is 4.18. The Morgan fingerprint density at radius 3 is 2.91 bits per heavy atom. The number of rotatable bonds is 4. The van der Waals surface area contributed by atoms with Gasteiger partial charge in [0.25, 0.3) is 0 Å². The first-order valence-corrected chi connectivity index (χ1v) is 8.23. The maximum Gasteiger partial charge on any atom is 0.238 e. The molecule has 1 aromatic carbocycles. The molecular formula is C16H20ClFN2O3. The number of anilines is 1. The fraction of sp³-hybridized carbons (Fsp3) is 0.562. The van der Waals surface area contributed by atoms with Crippen molar-refractivity contribution in [2.24, 2.45) is 0 Å². The molecule has 0 aromatic heterocycles. The molecule has 2 aliphatic rings. The van der Waals surface area contributed by atoms with E-state index in [1.165, 1.54) is 18.2 Å². The van der Waals surface area contributed by atoms with Crippen LogP contribution >= 0.6 is 11.6 Å². The van der Waals surface area contributed by atoms with E-state index in [9.17, 15) is 9.18 Å². The Morgan fingerprint density at radius 2 is 2.13 bits per heavy atom. The van der Waals surface area contributed by atoms with E-state index in [1.54, 1.807) is 0 Å². The largest absolute Gasteiger partial charge is 0.349 e. The van der Waals surface area contributed by atoms with Gasteiger partial charge in [0.1, 0.15) is 5.82 Å². The van der Waals surface area contributed by atoms with Crippen LogP contribution < -0.4 is 5.32 Å². The molecule has 2 heterocycles. The zero-order valence-corrected chi connectivity index (χ0v) is 13.5. The molecule has 0 spiro atoms. The minimum Gasteiger partial charge on any atom is -0.349 e. The van der Waals surface area contributed by atoms with Crippen LogP contribution in [-0.2, 0) is 14.3 Å². The third-order valence-corrected chi connectivity index (χ3v) is 4.41. The van der Waals surface area contributed by atoms with Crippen molar-refractivity contribution in [3.05, 3.63) is 29.0 Å². The van der Waals surface area contributed by atoms with Crippen molar-refractivity contribution >= 4 is 23.2 Å². The van der Waals surface area contributed by atoms with Crippen LogP contribution in [0.1, 0.15) is 19.3 Å². The minimum atomic E-state index is -0.500. The summed E-state index contributed by atoms with van der Waals surface area (Å²) in [6, 6.07) is 4.16. The van der Waals surface area contributed by atoms with Crippen LogP contribution in [0.5, 0.6) is 0 Å². The predicted molar refractivity (Wildman–Crippen MR) is 84.9 cm³/mol. The summed E-state index contributed by atoms with van der Waals surface area (Å²) < 4.78 is 24.9. The number of carbonyl (C=O) groups is 1. The highest BCUT2D eigenvalue weighted by atomic mass is 35.5. The molecular weight excluding hydrogens is 323 g/mol. The van der Waals surface area contributed by atoms with Gasteiger partial charge in [-0.2, -0.15) is 0 Å². The lowest BCUT2D eigenvalue weighted by atomic mass is 10.0. The summed E-state index contributed by atoms with van der Waals surface area (Å²) >= 11 is 5.84. The molecule has 7 heteroatoms. The van der Waals surface area contributed by atoms with Crippen molar-refractivity contribution in [3.63, 3.8) is 0 Å². The van der Waals surface area contributed by atoms with E-state index in [0.29, 0.717) is 18.2 Å². The topological polar surface area (TPSA) is 50.8 Å². The van der Waals surface area contributed by atoms with Gasteiger partial charge in [0, 0.05) is 5.02 Å².